The molecule has 1 fully saturated rings. The fourth-order valence-corrected chi connectivity index (χ4v) is 4.42. The van der Waals surface area contributed by atoms with Crippen LogP contribution in [0.5, 0.6) is 0 Å². The average Bonchev–Trinajstić information content (AvgIpc) is 2.70. The first kappa shape index (κ1) is 26.0. The lowest BCUT2D eigenvalue weighted by molar-refractivity contribution is -0.164. The number of esters is 1. The molecule has 1 N–H and O–H groups in total. The van der Waals surface area contributed by atoms with Crippen molar-refractivity contribution >= 4 is 11.9 Å². The Morgan fingerprint density at radius 1 is 0.828 bits per heavy atom. The number of aliphatic carboxylic acids is 1. The van der Waals surface area contributed by atoms with Gasteiger partial charge < -0.3 is 9.84 Å². The Bertz CT molecular complexity index is 446. The number of carbonyl (C=O) groups excluding carboxylic acids is 1. The number of rotatable bonds is 16. The molecule has 0 heterocycles. The van der Waals surface area contributed by atoms with Crippen LogP contribution in [0.3, 0.4) is 0 Å². The second kappa shape index (κ2) is 15.7. The molecule has 0 saturated heterocycles. The van der Waals surface area contributed by atoms with E-state index >= 15 is 0 Å². The van der Waals surface area contributed by atoms with Gasteiger partial charge in [0, 0.05) is 0 Å². The second-order valence-electron chi connectivity index (χ2n) is 9.48. The number of hydrogen-bond acceptors (Lipinski definition) is 3. The van der Waals surface area contributed by atoms with Crippen LogP contribution in [0, 0.1) is 17.8 Å². The van der Waals surface area contributed by atoms with Crippen LogP contribution < -0.4 is 0 Å². The molecule has 1 saturated carbocycles. The van der Waals surface area contributed by atoms with Crippen LogP contribution in [0.15, 0.2) is 0 Å². The van der Waals surface area contributed by atoms with E-state index < -0.39 is 17.8 Å². The van der Waals surface area contributed by atoms with Gasteiger partial charge >= 0.3 is 11.9 Å². The fraction of sp³-hybridized carbons (Fsp3) is 0.920. The van der Waals surface area contributed by atoms with Crippen molar-refractivity contribution in [3.8, 4) is 0 Å². The zero-order valence-electron chi connectivity index (χ0n) is 19.3. The van der Waals surface area contributed by atoms with E-state index in [2.05, 4.69) is 20.8 Å². The number of carbonyl (C=O) groups is 2. The molecular formula is C25H46O4. The van der Waals surface area contributed by atoms with Gasteiger partial charge in [0.2, 0.25) is 0 Å². The molecule has 0 spiro atoms. The van der Waals surface area contributed by atoms with Crippen molar-refractivity contribution in [3.05, 3.63) is 0 Å². The van der Waals surface area contributed by atoms with Gasteiger partial charge in [0.15, 0.2) is 0 Å². The first-order valence-electron chi connectivity index (χ1n) is 12.4. The van der Waals surface area contributed by atoms with Crippen molar-refractivity contribution in [2.45, 2.75) is 130 Å². The van der Waals surface area contributed by atoms with Crippen LogP contribution in [0.25, 0.3) is 0 Å². The minimum Gasteiger partial charge on any atom is -0.481 e. The van der Waals surface area contributed by atoms with Crippen LogP contribution >= 0.6 is 0 Å². The summed E-state index contributed by atoms with van der Waals surface area (Å²) in [6.45, 7) is 6.64. The number of ether oxygens (including phenoxy) is 1. The van der Waals surface area contributed by atoms with E-state index in [4.69, 9.17) is 4.74 Å². The topological polar surface area (TPSA) is 63.6 Å². The van der Waals surface area contributed by atoms with Gasteiger partial charge in [0.25, 0.3) is 0 Å². The lowest BCUT2D eigenvalue weighted by Crippen LogP contribution is -2.35. The standard InChI is InChI=1S/C25H46O4/c1-4-5-6-7-8-9-10-11-12-15-21(19-18-20(2)3)29-25(28)23-17-14-13-16-22(23)24(26)27/h20-23H,4-19H2,1-3H3,(H,26,27). The summed E-state index contributed by atoms with van der Waals surface area (Å²) in [6.07, 6.45) is 17.5. The Kier molecular flexibility index (Phi) is 14.1. The molecule has 0 aromatic heterocycles. The minimum atomic E-state index is -0.843. The predicted octanol–water partition coefficient (Wildman–Crippen LogP) is 7.15. The highest BCUT2D eigenvalue weighted by molar-refractivity contribution is 5.81. The second-order valence-corrected chi connectivity index (χ2v) is 9.48. The molecule has 3 atom stereocenters. The minimum absolute atomic E-state index is 0.0502. The van der Waals surface area contributed by atoms with Gasteiger partial charge in [-0.1, -0.05) is 85.0 Å². The Hall–Kier alpha value is -1.06. The summed E-state index contributed by atoms with van der Waals surface area (Å²) in [7, 11) is 0. The van der Waals surface area contributed by atoms with Crippen LogP contribution in [0.4, 0.5) is 0 Å². The highest BCUT2D eigenvalue weighted by atomic mass is 16.5. The molecule has 0 aromatic rings. The molecule has 170 valence electrons. The third kappa shape index (κ3) is 11.6. The number of carboxylic acid groups (broad SMARTS) is 1. The molecule has 0 aromatic carbocycles. The third-order valence-corrected chi connectivity index (χ3v) is 6.36. The van der Waals surface area contributed by atoms with E-state index in [1.807, 2.05) is 0 Å². The number of carboxylic acids is 1. The van der Waals surface area contributed by atoms with E-state index in [0.29, 0.717) is 18.8 Å². The van der Waals surface area contributed by atoms with E-state index in [1.165, 1.54) is 51.4 Å². The van der Waals surface area contributed by atoms with E-state index in [-0.39, 0.29) is 12.1 Å². The van der Waals surface area contributed by atoms with Crippen LogP contribution in [-0.4, -0.2) is 23.1 Å². The van der Waals surface area contributed by atoms with Crippen molar-refractivity contribution in [2.24, 2.45) is 17.8 Å². The largest absolute Gasteiger partial charge is 0.481 e. The van der Waals surface area contributed by atoms with Gasteiger partial charge in [0.1, 0.15) is 6.10 Å². The summed E-state index contributed by atoms with van der Waals surface area (Å²) in [6, 6.07) is 0. The predicted molar refractivity (Wildman–Crippen MR) is 119 cm³/mol. The third-order valence-electron chi connectivity index (χ3n) is 6.36. The van der Waals surface area contributed by atoms with Crippen LogP contribution in [-0.2, 0) is 14.3 Å². The van der Waals surface area contributed by atoms with Crippen molar-refractivity contribution < 1.29 is 19.4 Å². The van der Waals surface area contributed by atoms with Gasteiger partial charge in [-0.15, -0.1) is 0 Å². The lowest BCUT2D eigenvalue weighted by atomic mass is 9.79. The molecule has 4 heteroatoms. The van der Waals surface area contributed by atoms with Gasteiger partial charge in [-0.2, -0.15) is 0 Å². The van der Waals surface area contributed by atoms with Gasteiger partial charge in [-0.3, -0.25) is 9.59 Å². The molecular weight excluding hydrogens is 364 g/mol. The monoisotopic (exact) mass is 410 g/mol. The smallest absolute Gasteiger partial charge is 0.310 e. The Morgan fingerprint density at radius 3 is 1.93 bits per heavy atom. The maximum atomic E-state index is 12.7. The van der Waals surface area contributed by atoms with Gasteiger partial charge in [-0.25, -0.2) is 0 Å². The zero-order chi connectivity index (χ0) is 21.5. The highest BCUT2D eigenvalue weighted by Gasteiger charge is 2.37. The number of hydrogen-bond donors (Lipinski definition) is 1. The molecule has 0 radical (unpaired) electrons. The Labute approximate surface area is 179 Å². The van der Waals surface area contributed by atoms with E-state index in [1.54, 1.807) is 0 Å². The van der Waals surface area contributed by atoms with Crippen LogP contribution in [0.2, 0.25) is 0 Å². The first-order chi connectivity index (χ1) is 14.0. The SMILES string of the molecule is CCCCCCCCCCCC(CCC(C)C)OC(=O)C1CCCCC1C(=O)O. The molecule has 4 nitrogen and oxygen atoms in total. The quantitative estimate of drug-likeness (QED) is 0.217. The summed E-state index contributed by atoms with van der Waals surface area (Å²) in [5.41, 5.74) is 0. The van der Waals surface area contributed by atoms with Crippen molar-refractivity contribution in [1.82, 2.24) is 0 Å². The summed E-state index contributed by atoms with van der Waals surface area (Å²) in [5, 5.41) is 9.45. The molecule has 3 unspecified atom stereocenters. The first-order valence-corrected chi connectivity index (χ1v) is 12.4. The molecule has 29 heavy (non-hydrogen) atoms. The normalized spacial score (nSPS) is 20.6. The maximum absolute atomic E-state index is 12.7. The van der Waals surface area contributed by atoms with Crippen molar-refractivity contribution in [3.63, 3.8) is 0 Å². The molecule has 1 aliphatic carbocycles. The number of unbranched alkanes of at least 4 members (excludes halogenated alkanes) is 8. The lowest BCUT2D eigenvalue weighted by Gasteiger charge is -2.29. The Balaban J connectivity index is 2.38. The molecule has 1 aliphatic rings. The van der Waals surface area contributed by atoms with E-state index in [0.717, 1.165) is 38.5 Å². The van der Waals surface area contributed by atoms with E-state index in [9.17, 15) is 14.7 Å². The average molecular weight is 411 g/mol. The van der Waals surface area contributed by atoms with Crippen molar-refractivity contribution in [2.75, 3.05) is 0 Å². The van der Waals surface area contributed by atoms with Gasteiger partial charge in [-0.05, 0) is 44.4 Å². The molecule has 0 amide bonds. The summed E-state index contributed by atoms with van der Waals surface area (Å²) in [4.78, 5) is 24.3. The Morgan fingerprint density at radius 2 is 1.38 bits per heavy atom. The van der Waals surface area contributed by atoms with Crippen LogP contribution in [0.1, 0.15) is 124 Å². The molecule has 0 bridgehead atoms. The zero-order valence-corrected chi connectivity index (χ0v) is 19.3. The summed E-state index contributed by atoms with van der Waals surface area (Å²) in [5.74, 6) is -1.53. The molecule has 1 rings (SSSR count). The maximum Gasteiger partial charge on any atom is 0.310 e. The molecule has 0 aliphatic heterocycles. The summed E-state index contributed by atoms with van der Waals surface area (Å²) >= 11 is 0. The van der Waals surface area contributed by atoms with Crippen molar-refractivity contribution in [1.29, 1.82) is 0 Å². The highest BCUT2D eigenvalue weighted by Crippen LogP contribution is 2.32. The summed E-state index contributed by atoms with van der Waals surface area (Å²) < 4.78 is 5.89. The van der Waals surface area contributed by atoms with Gasteiger partial charge in [0.05, 0.1) is 11.8 Å². The fourth-order valence-electron chi connectivity index (χ4n) is 4.42.